The third-order valence-electron chi connectivity index (χ3n) is 2.88. The summed E-state index contributed by atoms with van der Waals surface area (Å²) in [4.78, 5) is 11.2. The molecule has 0 spiro atoms. The van der Waals surface area contributed by atoms with Gasteiger partial charge in [-0.3, -0.25) is 0 Å². The Balaban J connectivity index is 2.44. The topological polar surface area (TPSA) is 67.8 Å². The summed E-state index contributed by atoms with van der Waals surface area (Å²) in [5, 5.41) is 12.0. The van der Waals surface area contributed by atoms with E-state index in [4.69, 9.17) is 9.47 Å². The van der Waals surface area contributed by atoms with Gasteiger partial charge in [0.05, 0.1) is 0 Å². The van der Waals surface area contributed by atoms with Gasteiger partial charge in [0.2, 0.25) is 6.79 Å². The number of benzene rings is 1. The fourth-order valence-electron chi connectivity index (χ4n) is 1.58. The maximum absolute atomic E-state index is 11.2. The van der Waals surface area contributed by atoms with Crippen molar-refractivity contribution in [3.05, 3.63) is 23.8 Å². The van der Waals surface area contributed by atoms with Crippen LogP contribution in [0.15, 0.2) is 18.2 Å². The molecule has 0 unspecified atom stereocenters. The van der Waals surface area contributed by atoms with Crippen LogP contribution in [0.5, 0.6) is 11.5 Å². The molecule has 0 amide bonds. The minimum Gasteiger partial charge on any atom is -0.480 e. The van der Waals surface area contributed by atoms with Crippen molar-refractivity contribution in [1.82, 2.24) is 5.32 Å². The van der Waals surface area contributed by atoms with E-state index in [-0.39, 0.29) is 6.79 Å². The van der Waals surface area contributed by atoms with E-state index >= 15 is 0 Å². The third kappa shape index (κ3) is 1.49. The highest BCUT2D eigenvalue weighted by Gasteiger charge is 2.34. The lowest BCUT2D eigenvalue weighted by Gasteiger charge is -2.24. The van der Waals surface area contributed by atoms with Crippen LogP contribution in [0.4, 0.5) is 0 Å². The smallest absolute Gasteiger partial charge is 0.328 e. The zero-order chi connectivity index (χ0) is 11.8. The molecular weight excluding hydrogens is 210 g/mol. The van der Waals surface area contributed by atoms with Gasteiger partial charge in [-0.25, -0.2) is 4.79 Å². The van der Waals surface area contributed by atoms with E-state index in [1.165, 1.54) is 0 Å². The molecule has 1 atom stereocenters. The van der Waals surface area contributed by atoms with Crippen molar-refractivity contribution in [1.29, 1.82) is 0 Å². The predicted molar refractivity (Wildman–Crippen MR) is 56.6 cm³/mol. The van der Waals surface area contributed by atoms with Gasteiger partial charge >= 0.3 is 5.97 Å². The van der Waals surface area contributed by atoms with Crippen LogP contribution in [0.2, 0.25) is 0 Å². The Hall–Kier alpha value is -1.75. The molecule has 5 nitrogen and oxygen atoms in total. The Kier molecular flexibility index (Phi) is 2.47. The van der Waals surface area contributed by atoms with Gasteiger partial charge < -0.3 is 19.9 Å². The summed E-state index contributed by atoms with van der Waals surface area (Å²) in [5.41, 5.74) is -0.493. The van der Waals surface area contributed by atoms with E-state index in [1.807, 2.05) is 0 Å². The van der Waals surface area contributed by atoms with Gasteiger partial charge in [-0.2, -0.15) is 0 Å². The van der Waals surface area contributed by atoms with Gasteiger partial charge in [0.25, 0.3) is 0 Å². The Bertz CT molecular complexity index is 432. The molecule has 16 heavy (non-hydrogen) atoms. The molecule has 0 aliphatic carbocycles. The van der Waals surface area contributed by atoms with Crippen molar-refractivity contribution >= 4 is 5.97 Å². The van der Waals surface area contributed by atoms with Gasteiger partial charge in [-0.1, -0.05) is 6.07 Å². The van der Waals surface area contributed by atoms with Crippen molar-refractivity contribution in [3.8, 4) is 11.5 Å². The lowest BCUT2D eigenvalue weighted by atomic mass is 9.92. The van der Waals surface area contributed by atoms with E-state index in [1.54, 1.807) is 32.2 Å². The standard InChI is InChI=1S/C11H13NO4/c1-11(12-2,10(13)14)7-3-4-8-9(5-7)16-6-15-8/h3-5,12H,6H2,1-2H3,(H,13,14)/t11-/m0/s1. The molecule has 1 aromatic carbocycles. The molecule has 0 radical (unpaired) electrons. The highest BCUT2D eigenvalue weighted by atomic mass is 16.7. The monoisotopic (exact) mass is 223 g/mol. The van der Waals surface area contributed by atoms with Gasteiger partial charge in [0, 0.05) is 0 Å². The molecule has 0 aromatic heterocycles. The quantitative estimate of drug-likeness (QED) is 0.798. The maximum Gasteiger partial charge on any atom is 0.328 e. The van der Waals surface area contributed by atoms with Gasteiger partial charge in [0.1, 0.15) is 5.54 Å². The number of likely N-dealkylation sites (N-methyl/N-ethyl adjacent to an activating group) is 1. The average molecular weight is 223 g/mol. The normalized spacial score (nSPS) is 16.9. The number of fused-ring (bicyclic) bond motifs is 1. The number of carboxylic acid groups (broad SMARTS) is 1. The van der Waals surface area contributed by atoms with Crippen LogP contribution in [0, 0.1) is 0 Å². The van der Waals surface area contributed by atoms with Crippen molar-refractivity contribution in [2.45, 2.75) is 12.5 Å². The molecule has 0 fully saturated rings. The molecule has 1 aliphatic heterocycles. The summed E-state index contributed by atoms with van der Waals surface area (Å²) in [6, 6.07) is 5.13. The zero-order valence-corrected chi connectivity index (χ0v) is 9.11. The molecule has 0 saturated heterocycles. The van der Waals surface area contributed by atoms with Crippen molar-refractivity contribution in [2.75, 3.05) is 13.8 Å². The fraction of sp³-hybridized carbons (Fsp3) is 0.364. The number of nitrogens with one attached hydrogen (secondary N) is 1. The summed E-state index contributed by atoms with van der Waals surface area (Å²) >= 11 is 0. The van der Waals surface area contributed by atoms with Crippen molar-refractivity contribution in [2.24, 2.45) is 0 Å². The minimum atomic E-state index is -1.12. The van der Waals surface area contributed by atoms with E-state index in [0.717, 1.165) is 0 Å². The second-order valence-corrected chi connectivity index (χ2v) is 3.75. The summed E-state index contributed by atoms with van der Waals surface area (Å²) in [5.74, 6) is 0.293. The second kappa shape index (κ2) is 3.68. The van der Waals surface area contributed by atoms with Crippen molar-refractivity contribution < 1.29 is 19.4 Å². The number of ether oxygens (including phenoxy) is 2. The molecular formula is C11H13NO4. The molecule has 0 saturated carbocycles. The predicted octanol–water partition coefficient (Wildman–Crippen LogP) is 0.934. The summed E-state index contributed by atoms with van der Waals surface area (Å²) in [6.45, 7) is 1.79. The molecule has 5 heteroatoms. The SMILES string of the molecule is CN[C@](C)(C(=O)O)c1ccc2c(c1)OCO2. The molecule has 1 aliphatic rings. The van der Waals surface area contributed by atoms with Crippen LogP contribution < -0.4 is 14.8 Å². The van der Waals surface area contributed by atoms with E-state index in [9.17, 15) is 9.90 Å². The number of rotatable bonds is 3. The Morgan fingerprint density at radius 1 is 1.44 bits per heavy atom. The molecule has 2 rings (SSSR count). The second-order valence-electron chi connectivity index (χ2n) is 3.75. The van der Waals surface area contributed by atoms with Crippen LogP contribution in [-0.2, 0) is 10.3 Å². The largest absolute Gasteiger partial charge is 0.480 e. The van der Waals surface area contributed by atoms with E-state index < -0.39 is 11.5 Å². The Morgan fingerprint density at radius 3 is 2.75 bits per heavy atom. The van der Waals surface area contributed by atoms with E-state index in [2.05, 4.69) is 5.32 Å². The van der Waals surface area contributed by atoms with Gasteiger partial charge in [0.15, 0.2) is 11.5 Å². The van der Waals surface area contributed by atoms with Crippen LogP contribution in [-0.4, -0.2) is 24.9 Å². The number of aliphatic carboxylic acids is 1. The first-order valence-electron chi connectivity index (χ1n) is 4.90. The summed E-state index contributed by atoms with van der Waals surface area (Å²) in [7, 11) is 1.61. The maximum atomic E-state index is 11.2. The fourth-order valence-corrected chi connectivity index (χ4v) is 1.58. The molecule has 2 N–H and O–H groups in total. The average Bonchev–Trinajstić information content (AvgIpc) is 2.74. The first-order chi connectivity index (χ1) is 7.58. The molecule has 0 bridgehead atoms. The molecule has 1 heterocycles. The zero-order valence-electron chi connectivity index (χ0n) is 9.11. The Morgan fingerprint density at radius 2 is 2.12 bits per heavy atom. The van der Waals surface area contributed by atoms with Crippen LogP contribution in [0.25, 0.3) is 0 Å². The number of carboxylic acids is 1. The van der Waals surface area contributed by atoms with E-state index in [0.29, 0.717) is 17.1 Å². The van der Waals surface area contributed by atoms with Crippen LogP contribution >= 0.6 is 0 Å². The summed E-state index contributed by atoms with van der Waals surface area (Å²) in [6.07, 6.45) is 0. The highest BCUT2D eigenvalue weighted by molar-refractivity contribution is 5.80. The number of hydrogen-bond donors (Lipinski definition) is 2. The third-order valence-corrected chi connectivity index (χ3v) is 2.88. The van der Waals surface area contributed by atoms with Crippen molar-refractivity contribution in [3.63, 3.8) is 0 Å². The van der Waals surface area contributed by atoms with Crippen LogP contribution in [0.3, 0.4) is 0 Å². The number of carbonyl (C=O) groups is 1. The lowest BCUT2D eigenvalue weighted by Crippen LogP contribution is -2.44. The van der Waals surface area contributed by atoms with Crippen LogP contribution in [0.1, 0.15) is 12.5 Å². The Labute approximate surface area is 93.0 Å². The first-order valence-corrected chi connectivity index (χ1v) is 4.90. The first kappa shape index (κ1) is 10.8. The number of hydrogen-bond acceptors (Lipinski definition) is 4. The summed E-state index contributed by atoms with van der Waals surface area (Å²) < 4.78 is 10.4. The van der Waals surface area contributed by atoms with Gasteiger partial charge in [-0.05, 0) is 31.7 Å². The highest BCUT2D eigenvalue weighted by Crippen LogP contribution is 2.35. The molecule has 1 aromatic rings. The molecule has 86 valence electrons. The lowest BCUT2D eigenvalue weighted by molar-refractivity contribution is -0.144. The van der Waals surface area contributed by atoms with Gasteiger partial charge in [-0.15, -0.1) is 0 Å². The minimum absolute atomic E-state index is 0.183.